The molecule has 0 aliphatic carbocycles. The van der Waals surface area contributed by atoms with E-state index in [2.05, 4.69) is 20.4 Å². The summed E-state index contributed by atoms with van der Waals surface area (Å²) in [5.41, 5.74) is 7.58. The number of halogens is 3. The van der Waals surface area contributed by atoms with Crippen molar-refractivity contribution in [3.8, 4) is 0 Å². The van der Waals surface area contributed by atoms with E-state index in [0.29, 0.717) is 24.6 Å². The summed E-state index contributed by atoms with van der Waals surface area (Å²) in [4.78, 5) is 2.24. The topological polar surface area (TPSA) is 76.3 Å². The minimum absolute atomic E-state index is 0.0704. The molecule has 6 nitrogen and oxygen atoms in total. The number of nitrogens with one attached hydrogen (secondary N) is 1. The van der Waals surface area contributed by atoms with Crippen molar-refractivity contribution in [2.75, 3.05) is 42.3 Å². The molecule has 9 heteroatoms. The summed E-state index contributed by atoms with van der Waals surface area (Å²) in [6, 6.07) is 8.18. The maximum Gasteiger partial charge on any atom is 0.416 e. The van der Waals surface area contributed by atoms with Crippen LogP contribution in [0.2, 0.25) is 0 Å². The Morgan fingerprint density at radius 2 is 1.78 bits per heavy atom. The molecule has 1 atom stereocenters. The lowest BCUT2D eigenvalue weighted by atomic mass is 9.96. The molecule has 1 aromatic heterocycles. The zero-order valence-electron chi connectivity index (χ0n) is 18.3. The van der Waals surface area contributed by atoms with Crippen LogP contribution < -0.4 is 16.0 Å². The second-order valence-corrected chi connectivity index (χ2v) is 8.11. The molecule has 0 radical (unpaired) electrons. The van der Waals surface area contributed by atoms with Crippen molar-refractivity contribution in [2.45, 2.75) is 33.0 Å². The van der Waals surface area contributed by atoms with Gasteiger partial charge in [-0.05, 0) is 56.2 Å². The molecule has 0 saturated carbocycles. The highest BCUT2D eigenvalue weighted by Gasteiger charge is 2.34. The zero-order chi connectivity index (χ0) is 23.0. The summed E-state index contributed by atoms with van der Waals surface area (Å²) in [6.07, 6.45) is -4.47. The lowest BCUT2D eigenvalue weighted by molar-refractivity contribution is -0.138. The molecule has 0 amide bonds. The summed E-state index contributed by atoms with van der Waals surface area (Å²) in [5.74, 6) is 0.517. The largest absolute Gasteiger partial charge is 0.416 e. The molecule has 1 fully saturated rings. The number of fused-ring (bicyclic) bond motifs is 1. The van der Waals surface area contributed by atoms with Gasteiger partial charge in [0.05, 0.1) is 30.5 Å². The van der Waals surface area contributed by atoms with Crippen LogP contribution in [0.1, 0.15) is 35.3 Å². The molecule has 0 spiro atoms. The second-order valence-electron chi connectivity index (χ2n) is 8.11. The fourth-order valence-electron chi connectivity index (χ4n) is 4.19. The molecular formula is C23H26F3N5O. The number of aromatic nitrogens is 2. The number of hydrogen-bond donors (Lipinski definition) is 2. The molecule has 1 aliphatic heterocycles. The zero-order valence-corrected chi connectivity index (χ0v) is 18.3. The number of anilines is 3. The number of nitrogen functional groups attached to an aromatic ring is 1. The first kappa shape index (κ1) is 22.1. The lowest BCUT2D eigenvalue weighted by Crippen LogP contribution is -2.36. The van der Waals surface area contributed by atoms with Gasteiger partial charge in [0, 0.05) is 35.2 Å². The Morgan fingerprint density at radius 3 is 2.47 bits per heavy atom. The Balaban J connectivity index is 1.73. The third-order valence-electron chi connectivity index (χ3n) is 5.92. The molecule has 3 N–H and O–H groups in total. The third kappa shape index (κ3) is 4.29. The van der Waals surface area contributed by atoms with E-state index in [1.54, 1.807) is 13.0 Å². The van der Waals surface area contributed by atoms with Gasteiger partial charge < -0.3 is 20.7 Å². The SMILES string of the molecule is Cc1c([C@@H](C)Nc2nnc(C)c3ccc(N4CCOCC4)cc23)cc(N)cc1C(F)(F)F. The molecule has 1 saturated heterocycles. The summed E-state index contributed by atoms with van der Waals surface area (Å²) in [6.45, 7) is 8.07. The summed E-state index contributed by atoms with van der Waals surface area (Å²) >= 11 is 0. The van der Waals surface area contributed by atoms with Crippen molar-refractivity contribution < 1.29 is 17.9 Å². The van der Waals surface area contributed by atoms with Crippen LogP contribution in [0.25, 0.3) is 10.8 Å². The van der Waals surface area contributed by atoms with Crippen molar-refractivity contribution in [2.24, 2.45) is 0 Å². The number of alkyl halides is 3. The molecule has 0 bridgehead atoms. The third-order valence-corrected chi connectivity index (χ3v) is 5.92. The first-order chi connectivity index (χ1) is 15.1. The minimum atomic E-state index is -4.47. The number of hydrogen-bond acceptors (Lipinski definition) is 6. The predicted octanol–water partition coefficient (Wildman–Crippen LogP) is 4.86. The first-order valence-corrected chi connectivity index (χ1v) is 10.5. The van der Waals surface area contributed by atoms with Gasteiger partial charge in [-0.15, -0.1) is 5.10 Å². The van der Waals surface area contributed by atoms with Crippen LogP contribution in [-0.2, 0) is 10.9 Å². The fourth-order valence-corrected chi connectivity index (χ4v) is 4.19. The van der Waals surface area contributed by atoms with Gasteiger partial charge in [0.25, 0.3) is 0 Å². The number of morpholine rings is 1. The van der Waals surface area contributed by atoms with E-state index in [1.165, 1.54) is 6.92 Å². The van der Waals surface area contributed by atoms with E-state index in [9.17, 15) is 13.2 Å². The monoisotopic (exact) mass is 445 g/mol. The highest BCUT2D eigenvalue weighted by atomic mass is 19.4. The lowest BCUT2D eigenvalue weighted by Gasteiger charge is -2.29. The van der Waals surface area contributed by atoms with E-state index >= 15 is 0 Å². The van der Waals surface area contributed by atoms with Crippen LogP contribution in [0.5, 0.6) is 0 Å². The van der Waals surface area contributed by atoms with Crippen molar-refractivity contribution in [3.63, 3.8) is 0 Å². The smallest absolute Gasteiger partial charge is 0.399 e. The van der Waals surface area contributed by atoms with Gasteiger partial charge in [0.15, 0.2) is 5.82 Å². The standard InChI is InChI=1S/C23H26F3N5O/c1-13-19(10-16(27)11-21(13)23(24,25)26)14(2)28-22-20-12-17(31-6-8-32-9-7-31)4-5-18(20)15(3)29-30-22/h4-5,10-12,14H,6-9,27H2,1-3H3,(H,28,30)/t14-/m1/s1. The van der Waals surface area contributed by atoms with E-state index in [0.717, 1.165) is 41.3 Å². The van der Waals surface area contributed by atoms with Gasteiger partial charge in [0.1, 0.15) is 0 Å². The van der Waals surface area contributed by atoms with Crippen LogP contribution in [0, 0.1) is 13.8 Å². The minimum Gasteiger partial charge on any atom is -0.399 e. The Bertz CT molecular complexity index is 1140. The number of aryl methyl sites for hydroxylation is 1. The maximum absolute atomic E-state index is 13.5. The number of ether oxygens (including phenoxy) is 1. The predicted molar refractivity (Wildman–Crippen MR) is 120 cm³/mol. The second kappa shape index (κ2) is 8.46. The molecule has 3 aromatic rings. The molecule has 170 valence electrons. The van der Waals surface area contributed by atoms with Gasteiger partial charge >= 0.3 is 6.18 Å². The Kier molecular flexibility index (Phi) is 5.85. The Morgan fingerprint density at radius 1 is 1.06 bits per heavy atom. The van der Waals surface area contributed by atoms with Crippen LogP contribution in [-0.4, -0.2) is 36.5 Å². The van der Waals surface area contributed by atoms with Crippen LogP contribution >= 0.6 is 0 Å². The Hall–Kier alpha value is -3.07. The van der Waals surface area contributed by atoms with Crippen molar-refractivity contribution in [3.05, 3.63) is 52.7 Å². The molecule has 32 heavy (non-hydrogen) atoms. The van der Waals surface area contributed by atoms with Gasteiger partial charge in [-0.2, -0.15) is 18.3 Å². The quantitative estimate of drug-likeness (QED) is 0.559. The fraction of sp³-hybridized carbons (Fsp3) is 0.391. The normalized spacial score (nSPS) is 15.8. The molecule has 4 rings (SSSR count). The molecular weight excluding hydrogens is 419 g/mol. The van der Waals surface area contributed by atoms with E-state index in [1.807, 2.05) is 25.1 Å². The molecule has 1 aliphatic rings. The van der Waals surface area contributed by atoms with Gasteiger partial charge in [-0.25, -0.2) is 0 Å². The Labute approximate surface area is 184 Å². The number of benzene rings is 2. The van der Waals surface area contributed by atoms with Crippen molar-refractivity contribution in [1.29, 1.82) is 0 Å². The van der Waals surface area contributed by atoms with E-state index in [-0.39, 0.29) is 11.3 Å². The summed E-state index contributed by atoms with van der Waals surface area (Å²) in [7, 11) is 0. The maximum atomic E-state index is 13.5. The molecule has 2 heterocycles. The summed E-state index contributed by atoms with van der Waals surface area (Å²) in [5, 5.41) is 13.6. The van der Waals surface area contributed by atoms with E-state index < -0.39 is 17.8 Å². The first-order valence-electron chi connectivity index (χ1n) is 10.5. The number of rotatable bonds is 4. The average Bonchev–Trinajstić information content (AvgIpc) is 2.76. The highest BCUT2D eigenvalue weighted by Crippen LogP contribution is 2.37. The number of nitrogens with zero attached hydrogens (tertiary/aromatic N) is 3. The van der Waals surface area contributed by atoms with Crippen molar-refractivity contribution >= 4 is 28.0 Å². The van der Waals surface area contributed by atoms with Crippen LogP contribution in [0.15, 0.2) is 30.3 Å². The molecule has 0 unspecified atom stereocenters. The highest BCUT2D eigenvalue weighted by molar-refractivity contribution is 5.95. The van der Waals surface area contributed by atoms with Gasteiger partial charge in [0.2, 0.25) is 0 Å². The number of nitrogens with two attached hydrogens (primary N) is 1. The van der Waals surface area contributed by atoms with Gasteiger partial charge in [-0.3, -0.25) is 0 Å². The van der Waals surface area contributed by atoms with Crippen LogP contribution in [0.4, 0.5) is 30.4 Å². The summed E-state index contributed by atoms with van der Waals surface area (Å²) < 4.78 is 45.8. The average molecular weight is 445 g/mol. The van der Waals surface area contributed by atoms with Crippen LogP contribution in [0.3, 0.4) is 0 Å². The van der Waals surface area contributed by atoms with Crippen molar-refractivity contribution in [1.82, 2.24) is 10.2 Å². The van der Waals surface area contributed by atoms with E-state index in [4.69, 9.17) is 10.5 Å². The molecule has 2 aromatic carbocycles. The van der Waals surface area contributed by atoms with Gasteiger partial charge in [-0.1, -0.05) is 6.07 Å².